The monoisotopic (exact) mass is 465 g/mol. The first-order valence-electron chi connectivity index (χ1n) is 10.9. The quantitative estimate of drug-likeness (QED) is 0.581. The van der Waals surface area contributed by atoms with Gasteiger partial charge in [0.25, 0.3) is 0 Å². The zero-order valence-electron chi connectivity index (χ0n) is 18.3. The minimum atomic E-state index is -5.71. The number of carbonyl (C=O) groups is 3. The van der Waals surface area contributed by atoms with Crippen LogP contribution in [0, 0.1) is 0 Å². The van der Waals surface area contributed by atoms with E-state index in [1.54, 1.807) is 72.8 Å². The molecule has 0 aromatic heterocycles. The molecular weight excluding hydrogens is 441 g/mol. The molecule has 1 spiro atoms. The first-order valence-corrected chi connectivity index (χ1v) is 13.3. The molecule has 3 aliphatic heterocycles. The third kappa shape index (κ3) is 2.23. The number of rotatable bonds is 2. The Kier molecular flexibility index (Phi) is 4.35. The van der Waals surface area contributed by atoms with Gasteiger partial charge in [0.15, 0.2) is 0 Å². The first-order chi connectivity index (χ1) is 15.9. The molecular formula is C25H24NO6P. The fourth-order valence-electron chi connectivity index (χ4n) is 5.14. The Balaban J connectivity index is 0.000000416. The van der Waals surface area contributed by atoms with Gasteiger partial charge in [0.2, 0.25) is 0 Å². The third-order valence-electron chi connectivity index (χ3n) is 6.44. The number of fused-ring (bicyclic) bond motifs is 3. The molecule has 0 aliphatic carbocycles. The molecule has 0 radical (unpaired) electrons. The van der Waals surface area contributed by atoms with Crippen molar-refractivity contribution in [1.29, 1.82) is 0 Å². The van der Waals surface area contributed by atoms with Crippen LogP contribution in [0.25, 0.3) is 0 Å². The van der Waals surface area contributed by atoms with Crippen molar-refractivity contribution in [3.8, 4) is 0 Å². The van der Waals surface area contributed by atoms with E-state index in [9.17, 15) is 14.4 Å². The Labute approximate surface area is 190 Å². The fraction of sp³-hybridized carbons (Fsp3) is 0.160. The van der Waals surface area contributed by atoms with Crippen LogP contribution in [0.15, 0.2) is 72.8 Å². The van der Waals surface area contributed by atoms with Gasteiger partial charge < -0.3 is 5.32 Å². The summed E-state index contributed by atoms with van der Waals surface area (Å²) in [6, 6.07) is 19.8. The summed E-state index contributed by atoms with van der Waals surface area (Å²) in [5, 5.41) is 3.11. The number of carbonyl (C=O) groups excluding carboxylic acids is 3. The zero-order valence-corrected chi connectivity index (χ0v) is 19.2. The number of benzene rings is 3. The summed E-state index contributed by atoms with van der Waals surface area (Å²) in [5.41, 5.74) is 0.645. The van der Waals surface area contributed by atoms with E-state index >= 15 is 0 Å². The number of quaternary nitrogens is 1. The number of hydrogen-bond acceptors (Lipinski definition) is 6. The van der Waals surface area contributed by atoms with Crippen molar-refractivity contribution < 1.29 is 33.3 Å². The van der Waals surface area contributed by atoms with Gasteiger partial charge in [-0.05, 0) is 13.8 Å². The molecule has 33 heavy (non-hydrogen) atoms. The number of hydrogen-bond donors (Lipinski definition) is 1. The molecule has 3 aliphatic rings. The van der Waals surface area contributed by atoms with Crippen LogP contribution in [0.5, 0.6) is 0 Å². The maximum atomic E-state index is 13.0. The first kappa shape index (κ1) is 21.3. The topological polar surface area (TPSA) is 95.5 Å². The normalized spacial score (nSPS) is 21.1. The molecule has 2 N–H and O–H groups in total. The molecule has 0 amide bonds. The van der Waals surface area contributed by atoms with Crippen LogP contribution in [0.4, 0.5) is 0 Å². The van der Waals surface area contributed by atoms with E-state index in [2.05, 4.69) is 19.2 Å². The zero-order chi connectivity index (χ0) is 23.3. The van der Waals surface area contributed by atoms with Crippen molar-refractivity contribution in [2.45, 2.75) is 13.8 Å². The van der Waals surface area contributed by atoms with E-state index in [0.717, 1.165) is 0 Å². The predicted octanol–water partition coefficient (Wildman–Crippen LogP) is 1.90. The SMILES string of the molecule is CC[NH2+]CC.O=C1O[P-]23(OC(=O)c4ccccc42)(OC(=O)c2ccccc23)c2ccccc21. The molecule has 6 rings (SSSR count). The summed E-state index contributed by atoms with van der Waals surface area (Å²) < 4.78 is 18.4. The second kappa shape index (κ2) is 6.73. The molecule has 0 bridgehead atoms. The van der Waals surface area contributed by atoms with Crippen molar-refractivity contribution in [1.82, 2.24) is 0 Å². The molecule has 0 saturated heterocycles. The van der Waals surface area contributed by atoms with Gasteiger partial charge in [0, 0.05) is 0 Å². The van der Waals surface area contributed by atoms with Crippen LogP contribution >= 0.6 is 6.63 Å². The maximum absolute atomic E-state index is 13.0. The molecule has 3 aromatic carbocycles. The third-order valence-corrected chi connectivity index (χ3v) is 12.6. The van der Waals surface area contributed by atoms with Crippen molar-refractivity contribution >= 4 is 40.4 Å². The van der Waals surface area contributed by atoms with Gasteiger partial charge in [-0.1, -0.05) is 0 Å². The molecule has 170 valence electrons. The second-order valence-electron chi connectivity index (χ2n) is 8.17. The Morgan fingerprint density at radius 2 is 0.879 bits per heavy atom. The van der Waals surface area contributed by atoms with Gasteiger partial charge in [-0.25, -0.2) is 0 Å². The standard InChI is InChI=1S/C21H12O6P.C4H11N/c22-19-13-7-1-4-10-16(13)28(25-19,17-11-5-2-8-14(17)20(23)26-28)18-12-6-3-9-15(18)21(24)27-28;1-3-5-4-2/h1-12H;5H,3-4H2,1-2H3/q-1;/p+1. The van der Waals surface area contributed by atoms with Crippen LogP contribution in [-0.4, -0.2) is 31.0 Å². The van der Waals surface area contributed by atoms with Gasteiger partial charge in [0.1, 0.15) is 0 Å². The van der Waals surface area contributed by atoms with E-state index in [1.165, 1.54) is 13.1 Å². The average molecular weight is 465 g/mol. The predicted molar refractivity (Wildman–Crippen MR) is 124 cm³/mol. The summed E-state index contributed by atoms with van der Waals surface area (Å²) in [6.45, 7) is 1.04. The van der Waals surface area contributed by atoms with Gasteiger partial charge in [-0.15, -0.1) is 0 Å². The van der Waals surface area contributed by atoms with Gasteiger partial charge in [-0.3, -0.25) is 0 Å². The van der Waals surface area contributed by atoms with Crippen LogP contribution in [0.3, 0.4) is 0 Å². The van der Waals surface area contributed by atoms with Crippen LogP contribution in [0.2, 0.25) is 0 Å². The van der Waals surface area contributed by atoms with E-state index in [1.807, 2.05) is 0 Å². The molecule has 0 saturated carbocycles. The molecule has 0 fully saturated rings. The molecule has 7 nitrogen and oxygen atoms in total. The molecule has 3 heterocycles. The average Bonchev–Trinajstić information content (AvgIpc) is 3.32. The Hall–Kier alpha value is -3.54. The summed E-state index contributed by atoms with van der Waals surface area (Å²) in [5.74, 6) is -2.08. The molecule has 0 unspecified atom stereocenters. The summed E-state index contributed by atoms with van der Waals surface area (Å²) in [6.07, 6.45) is 0. The van der Waals surface area contributed by atoms with Gasteiger partial charge in [-0.2, -0.15) is 0 Å². The van der Waals surface area contributed by atoms with Crippen molar-refractivity contribution in [2.75, 3.05) is 13.1 Å². The number of nitrogens with two attached hydrogens (primary N) is 1. The van der Waals surface area contributed by atoms with E-state index < -0.39 is 24.5 Å². The Bertz CT molecular complexity index is 1200. The van der Waals surface area contributed by atoms with E-state index in [-0.39, 0.29) is 32.6 Å². The van der Waals surface area contributed by atoms with Crippen molar-refractivity contribution in [3.63, 3.8) is 0 Å². The van der Waals surface area contributed by atoms with E-state index in [0.29, 0.717) is 0 Å². The van der Waals surface area contributed by atoms with Crippen molar-refractivity contribution in [2.24, 2.45) is 0 Å². The van der Waals surface area contributed by atoms with Crippen LogP contribution in [-0.2, 0) is 13.6 Å². The van der Waals surface area contributed by atoms with Gasteiger partial charge >= 0.3 is 158 Å². The summed E-state index contributed by atoms with van der Waals surface area (Å²) in [4.78, 5) is 39.1. The van der Waals surface area contributed by atoms with Crippen LogP contribution < -0.4 is 21.2 Å². The second-order valence-corrected chi connectivity index (χ2v) is 12.9. The van der Waals surface area contributed by atoms with E-state index in [4.69, 9.17) is 13.6 Å². The van der Waals surface area contributed by atoms with Gasteiger partial charge in [0.05, 0.1) is 13.1 Å². The van der Waals surface area contributed by atoms with Crippen LogP contribution in [0.1, 0.15) is 44.9 Å². The molecule has 8 heteroatoms. The van der Waals surface area contributed by atoms with Crippen molar-refractivity contribution in [3.05, 3.63) is 89.5 Å². The minimum absolute atomic E-state index is 0.215. The molecule has 0 atom stereocenters. The summed E-state index contributed by atoms with van der Waals surface area (Å²) >= 11 is 0. The fourth-order valence-corrected chi connectivity index (χ4v) is 11.7. The Morgan fingerprint density at radius 3 is 1.15 bits per heavy atom. The summed E-state index contributed by atoms with van der Waals surface area (Å²) in [7, 11) is 0. The Morgan fingerprint density at radius 1 is 0.576 bits per heavy atom. The molecule has 3 aromatic rings.